The fourth-order valence-electron chi connectivity index (χ4n) is 2.40. The molecule has 3 nitrogen and oxygen atoms in total. The predicted octanol–water partition coefficient (Wildman–Crippen LogP) is 2.71. The third-order valence-electron chi connectivity index (χ3n) is 3.44. The molecule has 1 amide bonds. The number of hydrogen-bond donors (Lipinski definition) is 2. The number of benzene rings is 1. The first-order chi connectivity index (χ1) is 9.20. The monoisotopic (exact) mass is 299 g/mol. The second kappa shape index (κ2) is 7.17. The van der Waals surface area contributed by atoms with E-state index in [2.05, 4.69) is 5.32 Å². The molecule has 0 heterocycles. The highest BCUT2D eigenvalue weighted by Crippen LogP contribution is 2.27. The van der Waals surface area contributed by atoms with E-state index in [-0.39, 0.29) is 24.5 Å². The van der Waals surface area contributed by atoms with Crippen LogP contribution >= 0.6 is 23.4 Å². The molecule has 0 aliphatic heterocycles. The van der Waals surface area contributed by atoms with Crippen LogP contribution in [0.1, 0.15) is 19.3 Å². The molecule has 104 valence electrons. The number of amides is 1. The zero-order valence-electron chi connectivity index (χ0n) is 10.6. The molecule has 0 aromatic heterocycles. The summed E-state index contributed by atoms with van der Waals surface area (Å²) in [6, 6.07) is 7.64. The van der Waals surface area contributed by atoms with E-state index in [4.69, 9.17) is 11.6 Å². The Labute approximate surface area is 122 Å². The van der Waals surface area contributed by atoms with E-state index in [9.17, 15) is 9.90 Å². The Balaban J connectivity index is 1.80. The maximum atomic E-state index is 11.9. The van der Waals surface area contributed by atoms with Crippen molar-refractivity contribution in [1.29, 1.82) is 0 Å². The maximum Gasteiger partial charge on any atom is 0.230 e. The number of hydrogen-bond acceptors (Lipinski definition) is 3. The molecule has 0 bridgehead atoms. The average Bonchev–Trinajstić information content (AvgIpc) is 2.85. The van der Waals surface area contributed by atoms with Crippen LogP contribution in [0, 0.1) is 5.92 Å². The molecule has 0 radical (unpaired) electrons. The van der Waals surface area contributed by atoms with Gasteiger partial charge in [0.25, 0.3) is 0 Å². The Hall–Kier alpha value is -0.710. The number of aliphatic hydroxyl groups is 1. The highest BCUT2D eigenvalue weighted by molar-refractivity contribution is 8.00. The third kappa shape index (κ3) is 4.13. The van der Waals surface area contributed by atoms with Crippen molar-refractivity contribution in [2.45, 2.75) is 30.2 Å². The van der Waals surface area contributed by atoms with Crippen LogP contribution in [0.4, 0.5) is 0 Å². The number of halogens is 1. The molecular formula is C14H18ClNO2S. The van der Waals surface area contributed by atoms with Crippen molar-refractivity contribution in [3.05, 3.63) is 29.3 Å². The molecule has 1 fully saturated rings. The molecule has 5 heteroatoms. The Morgan fingerprint density at radius 1 is 1.42 bits per heavy atom. The number of nitrogens with one attached hydrogen (secondary N) is 1. The minimum Gasteiger partial charge on any atom is -0.396 e. The van der Waals surface area contributed by atoms with Crippen LogP contribution in [0.2, 0.25) is 5.02 Å². The minimum atomic E-state index is 0.00951. The summed E-state index contributed by atoms with van der Waals surface area (Å²) < 4.78 is 0. The molecule has 0 saturated heterocycles. The van der Waals surface area contributed by atoms with E-state index in [1.54, 1.807) is 0 Å². The summed E-state index contributed by atoms with van der Waals surface area (Å²) in [5.74, 6) is 0.586. The van der Waals surface area contributed by atoms with Crippen LogP contribution in [0.25, 0.3) is 0 Å². The Morgan fingerprint density at radius 3 is 2.95 bits per heavy atom. The lowest BCUT2D eigenvalue weighted by Gasteiger charge is -2.18. The van der Waals surface area contributed by atoms with E-state index >= 15 is 0 Å². The van der Waals surface area contributed by atoms with Gasteiger partial charge in [-0.05, 0) is 25.0 Å². The summed E-state index contributed by atoms with van der Waals surface area (Å²) in [7, 11) is 0. The van der Waals surface area contributed by atoms with Gasteiger partial charge < -0.3 is 10.4 Å². The molecule has 2 unspecified atom stereocenters. The van der Waals surface area contributed by atoms with Gasteiger partial charge in [-0.1, -0.05) is 30.2 Å². The second-order valence-corrected chi connectivity index (χ2v) is 6.19. The van der Waals surface area contributed by atoms with E-state index in [1.165, 1.54) is 11.8 Å². The van der Waals surface area contributed by atoms with Crippen molar-refractivity contribution in [3.63, 3.8) is 0 Å². The molecule has 19 heavy (non-hydrogen) atoms. The van der Waals surface area contributed by atoms with Crippen molar-refractivity contribution >= 4 is 29.3 Å². The lowest BCUT2D eigenvalue weighted by atomic mass is 10.1. The smallest absolute Gasteiger partial charge is 0.230 e. The Kier molecular flexibility index (Phi) is 5.55. The van der Waals surface area contributed by atoms with E-state index in [0.29, 0.717) is 10.8 Å². The van der Waals surface area contributed by atoms with Crippen LogP contribution in [0.5, 0.6) is 0 Å². The number of rotatable bonds is 5. The molecule has 1 aromatic rings. The minimum absolute atomic E-state index is 0.00951. The van der Waals surface area contributed by atoms with E-state index in [0.717, 1.165) is 24.2 Å². The molecule has 2 N–H and O–H groups in total. The molecule has 1 aromatic carbocycles. The van der Waals surface area contributed by atoms with Crippen LogP contribution < -0.4 is 5.32 Å². The quantitative estimate of drug-likeness (QED) is 0.822. The van der Waals surface area contributed by atoms with Crippen molar-refractivity contribution in [2.24, 2.45) is 5.92 Å². The first-order valence-electron chi connectivity index (χ1n) is 6.48. The van der Waals surface area contributed by atoms with Gasteiger partial charge in [0.2, 0.25) is 5.91 Å². The van der Waals surface area contributed by atoms with Gasteiger partial charge in [-0.25, -0.2) is 0 Å². The van der Waals surface area contributed by atoms with Gasteiger partial charge in [0.1, 0.15) is 0 Å². The highest BCUT2D eigenvalue weighted by atomic mass is 35.5. The molecular weight excluding hydrogens is 282 g/mol. The normalized spacial score (nSPS) is 22.4. The lowest BCUT2D eigenvalue weighted by Crippen LogP contribution is -2.39. The zero-order valence-corrected chi connectivity index (χ0v) is 12.2. The standard InChI is InChI=1S/C14H18ClNO2S/c15-11-5-1-2-7-13(11)19-9-14(18)16-12-6-3-4-10(12)8-17/h1-2,5,7,10,12,17H,3-4,6,8-9H2,(H,16,18). The van der Waals surface area contributed by atoms with Crippen molar-refractivity contribution < 1.29 is 9.90 Å². The van der Waals surface area contributed by atoms with Crippen LogP contribution in [-0.4, -0.2) is 29.4 Å². The molecule has 1 aliphatic rings. The predicted molar refractivity (Wildman–Crippen MR) is 78.5 cm³/mol. The Morgan fingerprint density at radius 2 is 2.21 bits per heavy atom. The summed E-state index contributed by atoms with van der Waals surface area (Å²) >= 11 is 7.48. The van der Waals surface area contributed by atoms with E-state index < -0.39 is 0 Å². The first kappa shape index (κ1) is 14.7. The number of carbonyl (C=O) groups is 1. The van der Waals surface area contributed by atoms with Crippen LogP contribution in [0.3, 0.4) is 0 Å². The van der Waals surface area contributed by atoms with E-state index in [1.807, 2.05) is 24.3 Å². The van der Waals surface area contributed by atoms with Crippen LogP contribution in [-0.2, 0) is 4.79 Å². The highest BCUT2D eigenvalue weighted by Gasteiger charge is 2.27. The second-order valence-electron chi connectivity index (χ2n) is 4.77. The third-order valence-corrected chi connectivity index (χ3v) is 4.95. The molecule has 1 aliphatic carbocycles. The first-order valence-corrected chi connectivity index (χ1v) is 7.84. The van der Waals surface area contributed by atoms with Gasteiger partial charge in [0, 0.05) is 23.5 Å². The van der Waals surface area contributed by atoms with Gasteiger partial charge in [-0.2, -0.15) is 0 Å². The summed E-state index contributed by atoms with van der Waals surface area (Å²) in [5, 5.41) is 12.9. The van der Waals surface area contributed by atoms with Gasteiger partial charge in [-0.15, -0.1) is 11.8 Å². The van der Waals surface area contributed by atoms with Gasteiger partial charge in [-0.3, -0.25) is 4.79 Å². The lowest BCUT2D eigenvalue weighted by molar-refractivity contribution is -0.119. The summed E-state index contributed by atoms with van der Waals surface area (Å²) in [5.41, 5.74) is 0. The van der Waals surface area contributed by atoms with Gasteiger partial charge in [0.05, 0.1) is 10.8 Å². The Bertz CT molecular complexity index is 441. The van der Waals surface area contributed by atoms with Crippen molar-refractivity contribution in [3.8, 4) is 0 Å². The topological polar surface area (TPSA) is 49.3 Å². The maximum absolute atomic E-state index is 11.9. The molecule has 0 spiro atoms. The number of thioether (sulfide) groups is 1. The average molecular weight is 300 g/mol. The van der Waals surface area contributed by atoms with Crippen molar-refractivity contribution in [2.75, 3.05) is 12.4 Å². The number of carbonyl (C=O) groups excluding carboxylic acids is 1. The van der Waals surface area contributed by atoms with Crippen LogP contribution in [0.15, 0.2) is 29.2 Å². The zero-order chi connectivity index (χ0) is 13.7. The van der Waals surface area contributed by atoms with Gasteiger partial charge >= 0.3 is 0 Å². The molecule has 1 saturated carbocycles. The summed E-state index contributed by atoms with van der Waals surface area (Å²) in [6.07, 6.45) is 3.04. The fourth-order valence-corrected chi connectivity index (χ4v) is 3.45. The van der Waals surface area contributed by atoms with Crippen molar-refractivity contribution in [1.82, 2.24) is 5.32 Å². The molecule has 2 rings (SSSR count). The molecule has 2 atom stereocenters. The number of aliphatic hydroxyl groups excluding tert-OH is 1. The fraction of sp³-hybridized carbons (Fsp3) is 0.500. The SMILES string of the molecule is O=C(CSc1ccccc1Cl)NC1CCCC1CO. The van der Waals surface area contributed by atoms with Gasteiger partial charge in [0.15, 0.2) is 0 Å². The summed E-state index contributed by atoms with van der Waals surface area (Å²) in [4.78, 5) is 12.8. The summed E-state index contributed by atoms with van der Waals surface area (Å²) in [6.45, 7) is 0.155. The largest absolute Gasteiger partial charge is 0.396 e.